The molecule has 0 bridgehead atoms. The quantitative estimate of drug-likeness (QED) is 0.238. The molecule has 1 saturated carbocycles. The zero-order chi connectivity index (χ0) is 27.1. The molecular formula is C26H35F2N5O2S2. The average molecular weight is 552 g/mol. The highest BCUT2D eigenvalue weighted by Crippen LogP contribution is 2.46. The fourth-order valence-corrected chi connectivity index (χ4v) is 4.68. The summed E-state index contributed by atoms with van der Waals surface area (Å²) in [5, 5.41) is 3.32. The Morgan fingerprint density at radius 3 is 2.54 bits per heavy atom. The van der Waals surface area contributed by atoms with Crippen LogP contribution in [-0.4, -0.2) is 31.0 Å². The van der Waals surface area contributed by atoms with Crippen molar-refractivity contribution in [2.24, 2.45) is 5.92 Å². The Labute approximate surface area is 224 Å². The number of nitrogens with one attached hydrogen (secondary N) is 2. The third kappa shape index (κ3) is 8.23. The van der Waals surface area contributed by atoms with E-state index >= 15 is 0 Å². The highest BCUT2D eigenvalue weighted by Gasteiger charge is 2.31. The van der Waals surface area contributed by atoms with E-state index in [1.165, 1.54) is 17.8 Å². The molecule has 1 fully saturated rings. The number of pyridine rings is 1. The standard InChI is InChI=1S/C26H35F2N5O2S2/c1-7-16(5)23(24(36-15(3)4)19-13-14-29-26(31-19)30-17(6)8-2)35-20-11-12-21(33-37(34)25(27)28)32-22(20)18-9-10-18/h11-14,16-18,25H,3,7-10H2,1-2,4-6H3,(H,32,33)(H,29,30,31)/b24-23+. The predicted octanol–water partition coefficient (Wildman–Crippen LogP) is 7.32. The van der Waals surface area contributed by atoms with Crippen LogP contribution in [0.1, 0.15) is 77.6 Å². The Hall–Kier alpha value is -2.53. The van der Waals surface area contributed by atoms with Gasteiger partial charge < -0.3 is 10.1 Å². The molecule has 0 spiro atoms. The summed E-state index contributed by atoms with van der Waals surface area (Å²) in [5.74, 6) is -0.844. The van der Waals surface area contributed by atoms with Gasteiger partial charge in [0.05, 0.1) is 16.3 Å². The minimum atomic E-state index is -3.00. The zero-order valence-electron chi connectivity index (χ0n) is 21.9. The monoisotopic (exact) mass is 551 g/mol. The number of anilines is 2. The molecule has 7 nitrogen and oxygen atoms in total. The summed E-state index contributed by atoms with van der Waals surface area (Å²) < 4.78 is 46.1. The van der Waals surface area contributed by atoms with Crippen LogP contribution in [0.15, 0.2) is 41.6 Å². The van der Waals surface area contributed by atoms with Crippen molar-refractivity contribution in [3.8, 4) is 5.75 Å². The Bertz CT molecular complexity index is 1160. The third-order valence-corrected chi connectivity index (χ3v) is 7.57. The SMILES string of the molecule is C=C(C)S/C(=C(/Oc1ccc(NS(=O)C(F)F)nc1C1CC1)C(C)CC)c1ccnc(NC(C)CC)n1. The number of alkyl halides is 2. The largest absolute Gasteiger partial charge is 0.458 e. The van der Waals surface area contributed by atoms with Crippen LogP contribution in [0.4, 0.5) is 20.5 Å². The molecule has 0 aliphatic heterocycles. The molecule has 2 N–H and O–H groups in total. The Kier molecular flexibility index (Phi) is 10.5. The molecule has 1 aliphatic carbocycles. The lowest BCUT2D eigenvalue weighted by Gasteiger charge is -2.22. The van der Waals surface area contributed by atoms with E-state index in [2.05, 4.69) is 54.3 Å². The molecule has 11 heteroatoms. The molecule has 37 heavy (non-hydrogen) atoms. The molecule has 2 aromatic rings. The van der Waals surface area contributed by atoms with Crippen molar-refractivity contribution < 1.29 is 17.7 Å². The number of rotatable bonds is 14. The number of thioether (sulfide) groups is 1. The van der Waals surface area contributed by atoms with Crippen molar-refractivity contribution in [3.63, 3.8) is 0 Å². The first-order valence-electron chi connectivity index (χ1n) is 12.4. The second-order valence-corrected chi connectivity index (χ2v) is 11.6. The van der Waals surface area contributed by atoms with Gasteiger partial charge in [-0.15, -0.1) is 0 Å². The maximum absolute atomic E-state index is 12.8. The van der Waals surface area contributed by atoms with E-state index in [1.54, 1.807) is 12.3 Å². The third-order valence-electron chi connectivity index (χ3n) is 5.87. The predicted molar refractivity (Wildman–Crippen MR) is 149 cm³/mol. The van der Waals surface area contributed by atoms with Crippen molar-refractivity contribution in [2.45, 2.75) is 78.0 Å². The topological polar surface area (TPSA) is 89.0 Å². The summed E-state index contributed by atoms with van der Waals surface area (Å²) in [6.45, 7) is 14.4. The summed E-state index contributed by atoms with van der Waals surface area (Å²) in [6.07, 6.45) is 5.33. The number of halogens is 2. The van der Waals surface area contributed by atoms with E-state index in [0.717, 1.165) is 46.9 Å². The molecule has 3 rings (SSSR count). The van der Waals surface area contributed by atoms with Gasteiger partial charge in [0.1, 0.15) is 17.3 Å². The van der Waals surface area contributed by atoms with Crippen LogP contribution >= 0.6 is 11.8 Å². The smallest absolute Gasteiger partial charge is 0.330 e. The lowest BCUT2D eigenvalue weighted by molar-refractivity contribution is 0.244. The average Bonchev–Trinajstić information content (AvgIpc) is 3.71. The summed E-state index contributed by atoms with van der Waals surface area (Å²) in [7, 11) is -2.53. The van der Waals surface area contributed by atoms with Crippen LogP contribution in [0, 0.1) is 5.92 Å². The van der Waals surface area contributed by atoms with Gasteiger partial charge in [0.2, 0.25) is 5.95 Å². The maximum Gasteiger partial charge on any atom is 0.330 e. The van der Waals surface area contributed by atoms with Crippen molar-refractivity contribution in [3.05, 3.63) is 53.0 Å². The van der Waals surface area contributed by atoms with Gasteiger partial charge >= 0.3 is 5.76 Å². The number of hydrogen-bond donors (Lipinski definition) is 2. The van der Waals surface area contributed by atoms with Gasteiger partial charge in [-0.3, -0.25) is 4.72 Å². The van der Waals surface area contributed by atoms with Crippen LogP contribution in [0.5, 0.6) is 5.75 Å². The van der Waals surface area contributed by atoms with Gasteiger partial charge in [-0.05, 0) is 62.6 Å². The Morgan fingerprint density at radius 2 is 1.95 bits per heavy atom. The molecule has 202 valence electrons. The number of allylic oxidation sites excluding steroid dienone is 2. The van der Waals surface area contributed by atoms with Gasteiger partial charge in [0.15, 0.2) is 11.0 Å². The molecule has 0 aromatic carbocycles. The van der Waals surface area contributed by atoms with Crippen LogP contribution in [0.2, 0.25) is 0 Å². The minimum Gasteiger partial charge on any atom is -0.458 e. The molecule has 0 amide bonds. The number of aromatic nitrogens is 3. The van der Waals surface area contributed by atoms with Gasteiger partial charge in [0, 0.05) is 24.1 Å². The minimum absolute atomic E-state index is 0.0407. The van der Waals surface area contributed by atoms with Crippen LogP contribution < -0.4 is 14.8 Å². The number of hydrogen-bond acceptors (Lipinski definition) is 7. The first kappa shape index (κ1) is 29.0. The van der Waals surface area contributed by atoms with Crippen molar-refractivity contribution in [1.29, 1.82) is 0 Å². The molecular weight excluding hydrogens is 516 g/mol. The first-order valence-corrected chi connectivity index (χ1v) is 14.5. The van der Waals surface area contributed by atoms with Gasteiger partial charge in [0.25, 0.3) is 0 Å². The molecule has 3 unspecified atom stereocenters. The lowest BCUT2D eigenvalue weighted by atomic mass is 10.1. The van der Waals surface area contributed by atoms with Gasteiger partial charge in [-0.1, -0.05) is 39.1 Å². The van der Waals surface area contributed by atoms with Crippen LogP contribution in [0.3, 0.4) is 0 Å². The molecule has 3 atom stereocenters. The fraction of sp³-hybridized carbons (Fsp3) is 0.500. The first-order chi connectivity index (χ1) is 17.6. The molecule has 0 radical (unpaired) electrons. The normalized spacial score (nSPS) is 16.5. The van der Waals surface area contributed by atoms with Gasteiger partial charge in [-0.2, -0.15) is 8.78 Å². The Balaban J connectivity index is 2.06. The molecule has 2 aromatic heterocycles. The van der Waals surface area contributed by atoms with Gasteiger partial charge in [-0.25, -0.2) is 19.2 Å². The lowest BCUT2D eigenvalue weighted by Crippen LogP contribution is -2.16. The number of nitrogens with zero attached hydrogens (tertiary/aromatic N) is 3. The highest BCUT2D eigenvalue weighted by molar-refractivity contribution is 8.11. The van der Waals surface area contributed by atoms with E-state index in [4.69, 9.17) is 9.72 Å². The molecule has 0 saturated heterocycles. The van der Waals surface area contributed by atoms with E-state index < -0.39 is 16.7 Å². The van der Waals surface area contributed by atoms with Crippen molar-refractivity contribution in [1.82, 2.24) is 15.0 Å². The molecule has 2 heterocycles. The summed E-state index contributed by atoms with van der Waals surface area (Å²) in [5.41, 5.74) is 1.38. The summed E-state index contributed by atoms with van der Waals surface area (Å²) >= 11 is 1.49. The van der Waals surface area contributed by atoms with Crippen molar-refractivity contribution in [2.75, 3.05) is 10.0 Å². The zero-order valence-corrected chi connectivity index (χ0v) is 23.5. The van der Waals surface area contributed by atoms with E-state index in [9.17, 15) is 13.0 Å². The Morgan fingerprint density at radius 1 is 1.22 bits per heavy atom. The van der Waals surface area contributed by atoms with Crippen molar-refractivity contribution >= 4 is 39.4 Å². The van der Waals surface area contributed by atoms with E-state index in [1.807, 2.05) is 13.0 Å². The number of ether oxygens (including phenoxy) is 1. The maximum atomic E-state index is 12.8. The second-order valence-electron chi connectivity index (χ2n) is 9.14. The van der Waals surface area contributed by atoms with Crippen LogP contribution in [0.25, 0.3) is 4.91 Å². The molecule has 1 aliphatic rings. The second kappa shape index (κ2) is 13.3. The summed E-state index contributed by atoms with van der Waals surface area (Å²) in [4.78, 5) is 15.4. The van der Waals surface area contributed by atoms with E-state index in [-0.39, 0.29) is 23.7 Å². The van der Waals surface area contributed by atoms with E-state index in [0.29, 0.717) is 17.4 Å². The fourth-order valence-electron chi connectivity index (χ4n) is 3.36. The highest BCUT2D eigenvalue weighted by atomic mass is 32.2. The summed E-state index contributed by atoms with van der Waals surface area (Å²) in [6, 6.07) is 5.29. The van der Waals surface area contributed by atoms with Crippen LogP contribution in [-0.2, 0) is 11.0 Å².